The average molecular weight is 290 g/mol. The van der Waals surface area contributed by atoms with Crippen LogP contribution in [0.4, 0.5) is 13.2 Å². The van der Waals surface area contributed by atoms with Crippen LogP contribution in [0.2, 0.25) is 0 Å². The van der Waals surface area contributed by atoms with Gasteiger partial charge in [0, 0.05) is 12.5 Å². The largest absolute Gasteiger partial charge is 0.573 e. The minimum atomic E-state index is -4.70. The normalized spacial score (nSPS) is 21.5. The summed E-state index contributed by atoms with van der Waals surface area (Å²) in [6.45, 7) is 1.25. The van der Waals surface area contributed by atoms with E-state index in [2.05, 4.69) is 10.2 Å². The second kappa shape index (κ2) is 6.43. The van der Waals surface area contributed by atoms with Crippen LogP contribution in [-0.2, 0) is 4.74 Å². The Labute approximate surface area is 115 Å². The Bertz CT molecular complexity index is 434. The molecular formula is C13H17F3N2O2. The van der Waals surface area contributed by atoms with E-state index in [1.807, 2.05) is 0 Å². The van der Waals surface area contributed by atoms with Gasteiger partial charge in [0.15, 0.2) is 0 Å². The van der Waals surface area contributed by atoms with Gasteiger partial charge in [0.25, 0.3) is 0 Å². The number of nitrogens with two attached hydrogens (primary N) is 1. The molecule has 1 fully saturated rings. The summed E-state index contributed by atoms with van der Waals surface area (Å²) < 4.78 is 46.0. The summed E-state index contributed by atoms with van der Waals surface area (Å²) in [5.41, 5.74) is 3.32. The topological polar surface area (TPSA) is 56.5 Å². The number of hydrazine groups is 1. The summed E-state index contributed by atoms with van der Waals surface area (Å²) in [5, 5.41) is 0. The van der Waals surface area contributed by atoms with Crippen molar-refractivity contribution in [1.82, 2.24) is 5.43 Å². The molecule has 0 aliphatic carbocycles. The molecule has 0 bridgehead atoms. The molecule has 1 aromatic rings. The fraction of sp³-hybridized carbons (Fsp3) is 0.538. The van der Waals surface area contributed by atoms with Crippen LogP contribution in [-0.4, -0.2) is 19.6 Å². The number of rotatable bonds is 4. The summed E-state index contributed by atoms with van der Waals surface area (Å²) >= 11 is 0. The summed E-state index contributed by atoms with van der Waals surface area (Å²) in [7, 11) is 0. The number of hydrogen-bond acceptors (Lipinski definition) is 4. The third kappa shape index (κ3) is 4.09. The zero-order valence-electron chi connectivity index (χ0n) is 10.8. The maximum Gasteiger partial charge on any atom is 0.573 e. The molecule has 2 atom stereocenters. The molecule has 0 radical (unpaired) electrons. The van der Waals surface area contributed by atoms with E-state index in [1.54, 1.807) is 6.07 Å². The van der Waals surface area contributed by atoms with Crippen molar-refractivity contribution in [3.8, 4) is 5.75 Å². The van der Waals surface area contributed by atoms with Gasteiger partial charge < -0.3 is 9.47 Å². The molecule has 0 amide bonds. The number of halogens is 3. The van der Waals surface area contributed by atoms with E-state index in [4.69, 9.17) is 10.6 Å². The van der Waals surface area contributed by atoms with Crippen molar-refractivity contribution in [3.05, 3.63) is 29.8 Å². The van der Waals surface area contributed by atoms with Crippen LogP contribution in [0.1, 0.15) is 24.4 Å². The maximum atomic E-state index is 12.2. The van der Waals surface area contributed by atoms with Gasteiger partial charge in [-0.05, 0) is 30.5 Å². The molecule has 112 valence electrons. The second-order valence-electron chi connectivity index (χ2n) is 4.74. The van der Waals surface area contributed by atoms with Crippen LogP contribution >= 0.6 is 0 Å². The Morgan fingerprint density at radius 2 is 2.20 bits per heavy atom. The molecule has 0 aromatic heterocycles. The molecule has 2 unspecified atom stereocenters. The van der Waals surface area contributed by atoms with Gasteiger partial charge >= 0.3 is 6.36 Å². The molecule has 1 saturated heterocycles. The molecule has 2 rings (SSSR count). The monoisotopic (exact) mass is 290 g/mol. The van der Waals surface area contributed by atoms with Crippen LogP contribution in [0.3, 0.4) is 0 Å². The van der Waals surface area contributed by atoms with E-state index in [0.717, 1.165) is 12.8 Å². The highest BCUT2D eigenvalue weighted by Gasteiger charge is 2.31. The highest BCUT2D eigenvalue weighted by Crippen LogP contribution is 2.31. The van der Waals surface area contributed by atoms with Crippen molar-refractivity contribution in [2.45, 2.75) is 25.2 Å². The average Bonchev–Trinajstić information content (AvgIpc) is 2.39. The number of nitrogens with one attached hydrogen (secondary N) is 1. The molecule has 0 saturated carbocycles. The maximum absolute atomic E-state index is 12.2. The van der Waals surface area contributed by atoms with E-state index < -0.39 is 6.36 Å². The second-order valence-corrected chi connectivity index (χ2v) is 4.74. The highest BCUT2D eigenvalue weighted by molar-refractivity contribution is 5.31. The molecule has 1 aliphatic heterocycles. The van der Waals surface area contributed by atoms with Crippen LogP contribution < -0.4 is 16.0 Å². The third-order valence-corrected chi connectivity index (χ3v) is 3.30. The molecule has 1 aliphatic rings. The van der Waals surface area contributed by atoms with Crippen molar-refractivity contribution in [2.75, 3.05) is 13.2 Å². The summed E-state index contributed by atoms with van der Waals surface area (Å²) in [5.74, 6) is 5.43. The smallest absolute Gasteiger partial charge is 0.406 e. The van der Waals surface area contributed by atoms with Gasteiger partial charge in [-0.3, -0.25) is 11.3 Å². The Morgan fingerprint density at radius 3 is 2.80 bits per heavy atom. The van der Waals surface area contributed by atoms with Crippen molar-refractivity contribution in [2.24, 2.45) is 11.8 Å². The first kappa shape index (κ1) is 15.1. The fourth-order valence-corrected chi connectivity index (χ4v) is 2.44. The van der Waals surface area contributed by atoms with Gasteiger partial charge in [-0.15, -0.1) is 13.2 Å². The van der Waals surface area contributed by atoms with Gasteiger partial charge in [-0.25, -0.2) is 0 Å². The Hall–Kier alpha value is -1.31. The lowest BCUT2D eigenvalue weighted by Gasteiger charge is -2.30. The summed E-state index contributed by atoms with van der Waals surface area (Å²) in [6.07, 6.45) is -2.86. The zero-order valence-corrected chi connectivity index (χ0v) is 10.8. The van der Waals surface area contributed by atoms with E-state index in [-0.39, 0.29) is 17.7 Å². The van der Waals surface area contributed by atoms with Gasteiger partial charge in [0.2, 0.25) is 0 Å². The Morgan fingerprint density at radius 1 is 1.40 bits per heavy atom. The minimum Gasteiger partial charge on any atom is -0.406 e. The third-order valence-electron chi connectivity index (χ3n) is 3.30. The molecule has 1 aromatic carbocycles. The Kier molecular flexibility index (Phi) is 4.85. The van der Waals surface area contributed by atoms with E-state index in [1.165, 1.54) is 18.2 Å². The van der Waals surface area contributed by atoms with Crippen LogP contribution in [0.25, 0.3) is 0 Å². The molecule has 0 spiro atoms. The molecule has 7 heteroatoms. The Balaban J connectivity index is 2.14. The lowest BCUT2D eigenvalue weighted by molar-refractivity contribution is -0.274. The van der Waals surface area contributed by atoms with Gasteiger partial charge in [0.1, 0.15) is 5.75 Å². The first-order valence-corrected chi connectivity index (χ1v) is 6.39. The van der Waals surface area contributed by atoms with Crippen molar-refractivity contribution in [3.63, 3.8) is 0 Å². The predicted octanol–water partition coefficient (Wildman–Crippen LogP) is 2.52. The van der Waals surface area contributed by atoms with Crippen molar-refractivity contribution < 1.29 is 22.6 Å². The van der Waals surface area contributed by atoms with E-state index in [9.17, 15) is 13.2 Å². The first-order valence-electron chi connectivity index (χ1n) is 6.39. The van der Waals surface area contributed by atoms with E-state index in [0.29, 0.717) is 18.8 Å². The molecule has 3 N–H and O–H groups in total. The summed E-state index contributed by atoms with van der Waals surface area (Å²) in [4.78, 5) is 0. The van der Waals surface area contributed by atoms with Crippen LogP contribution in [0, 0.1) is 5.92 Å². The first-order chi connectivity index (χ1) is 9.49. The zero-order chi connectivity index (χ0) is 14.6. The van der Waals surface area contributed by atoms with Crippen molar-refractivity contribution in [1.29, 1.82) is 0 Å². The van der Waals surface area contributed by atoms with Crippen LogP contribution in [0.15, 0.2) is 24.3 Å². The number of alkyl halides is 3. The fourth-order valence-electron chi connectivity index (χ4n) is 2.44. The lowest BCUT2D eigenvalue weighted by atomic mass is 9.89. The van der Waals surface area contributed by atoms with Gasteiger partial charge in [0.05, 0.1) is 12.6 Å². The molecule has 20 heavy (non-hydrogen) atoms. The molecule has 4 nitrogen and oxygen atoms in total. The summed E-state index contributed by atoms with van der Waals surface area (Å²) in [6, 6.07) is 5.61. The highest BCUT2D eigenvalue weighted by atomic mass is 19.4. The molecular weight excluding hydrogens is 273 g/mol. The number of ether oxygens (including phenoxy) is 2. The molecule has 1 heterocycles. The van der Waals surface area contributed by atoms with Crippen LogP contribution in [0.5, 0.6) is 5.75 Å². The van der Waals surface area contributed by atoms with E-state index >= 15 is 0 Å². The minimum absolute atomic E-state index is 0.134. The lowest BCUT2D eigenvalue weighted by Crippen LogP contribution is -2.37. The predicted molar refractivity (Wildman–Crippen MR) is 66.7 cm³/mol. The number of benzene rings is 1. The van der Waals surface area contributed by atoms with Crippen molar-refractivity contribution >= 4 is 0 Å². The SMILES string of the molecule is NNC(c1cccc(OC(F)(F)F)c1)C1CCCOC1. The number of hydrogen-bond donors (Lipinski definition) is 2. The quantitative estimate of drug-likeness (QED) is 0.661. The van der Waals surface area contributed by atoms with Gasteiger partial charge in [-0.2, -0.15) is 0 Å². The van der Waals surface area contributed by atoms with Gasteiger partial charge in [-0.1, -0.05) is 12.1 Å². The standard InChI is InChI=1S/C13H17F3N2O2/c14-13(15,16)20-11-5-1-3-9(7-11)12(18-17)10-4-2-6-19-8-10/h1,3,5,7,10,12,18H,2,4,6,8,17H2.